The van der Waals surface area contributed by atoms with Crippen LogP contribution >= 0.6 is 0 Å². The summed E-state index contributed by atoms with van der Waals surface area (Å²) in [7, 11) is -4.10. The van der Waals surface area contributed by atoms with Crippen molar-refractivity contribution in [2.75, 3.05) is 6.54 Å². The number of primary sulfonamides is 1. The van der Waals surface area contributed by atoms with Crippen molar-refractivity contribution in [3.8, 4) is 0 Å². The Hall–Kier alpha value is -1.47. The Morgan fingerprint density at radius 3 is 2.68 bits per heavy atom. The first-order valence-electron chi connectivity index (χ1n) is 5.89. The predicted molar refractivity (Wildman–Crippen MR) is 67.2 cm³/mol. The number of fused-ring (bicyclic) bond motifs is 1. The molecule has 1 aromatic carbocycles. The van der Waals surface area contributed by atoms with Gasteiger partial charge in [-0.2, -0.15) is 0 Å². The number of nitrogens with two attached hydrogens (primary N) is 1. The number of hydrogen-bond acceptors (Lipinski definition) is 3. The van der Waals surface area contributed by atoms with Crippen molar-refractivity contribution in [3.05, 3.63) is 29.1 Å². The van der Waals surface area contributed by atoms with Gasteiger partial charge in [0, 0.05) is 25.6 Å². The first-order chi connectivity index (χ1) is 8.80. The molecule has 0 saturated heterocycles. The molecule has 0 unspecified atom stereocenters. The lowest BCUT2D eigenvalue weighted by Crippen LogP contribution is -2.28. The van der Waals surface area contributed by atoms with Gasteiger partial charge < -0.3 is 4.90 Å². The normalized spacial score (nSPS) is 15.8. The Morgan fingerprint density at radius 2 is 2.11 bits per heavy atom. The Bertz CT molecular complexity index is 628. The van der Waals surface area contributed by atoms with E-state index in [2.05, 4.69) is 0 Å². The van der Waals surface area contributed by atoms with Crippen LogP contribution in [-0.4, -0.2) is 25.8 Å². The zero-order valence-electron chi connectivity index (χ0n) is 10.5. The quantitative estimate of drug-likeness (QED) is 0.828. The van der Waals surface area contributed by atoms with Gasteiger partial charge in [-0.05, 0) is 24.5 Å². The highest BCUT2D eigenvalue weighted by Gasteiger charge is 2.24. The second kappa shape index (κ2) is 4.90. The smallest absolute Gasteiger partial charge is 0.240 e. The summed E-state index contributed by atoms with van der Waals surface area (Å²) in [6.45, 7) is 2.03. The van der Waals surface area contributed by atoms with E-state index < -0.39 is 20.7 Å². The molecule has 1 aliphatic rings. The minimum Gasteiger partial charge on any atom is -0.338 e. The number of nitrogens with zero attached hydrogens (tertiary/aromatic N) is 1. The molecule has 19 heavy (non-hydrogen) atoms. The van der Waals surface area contributed by atoms with Crippen molar-refractivity contribution in [2.24, 2.45) is 5.14 Å². The third-order valence-corrected chi connectivity index (χ3v) is 4.21. The zero-order valence-corrected chi connectivity index (χ0v) is 11.3. The largest absolute Gasteiger partial charge is 0.338 e. The molecule has 0 fully saturated rings. The summed E-state index contributed by atoms with van der Waals surface area (Å²) in [5.74, 6) is -0.999. The van der Waals surface area contributed by atoms with Crippen molar-refractivity contribution >= 4 is 15.9 Å². The van der Waals surface area contributed by atoms with E-state index in [4.69, 9.17) is 5.14 Å². The van der Waals surface area contributed by atoms with E-state index in [-0.39, 0.29) is 18.0 Å². The first-order valence-corrected chi connectivity index (χ1v) is 7.44. The van der Waals surface area contributed by atoms with Crippen LogP contribution in [0.3, 0.4) is 0 Å². The van der Waals surface area contributed by atoms with Crippen molar-refractivity contribution in [3.63, 3.8) is 0 Å². The third-order valence-electron chi connectivity index (χ3n) is 3.28. The molecule has 7 heteroatoms. The SMILES string of the molecule is CC(=O)N1CCCc2ccc(S(N)(=O)=O)c(F)c2C1. The Morgan fingerprint density at radius 1 is 1.42 bits per heavy atom. The average molecular weight is 286 g/mol. The molecule has 0 bridgehead atoms. The molecular formula is C12H15FN2O3S. The van der Waals surface area contributed by atoms with Crippen molar-refractivity contribution < 1.29 is 17.6 Å². The Balaban J connectivity index is 2.54. The minimum atomic E-state index is -4.10. The van der Waals surface area contributed by atoms with Crippen LogP contribution < -0.4 is 5.14 Å². The molecule has 1 aliphatic heterocycles. The van der Waals surface area contributed by atoms with Gasteiger partial charge >= 0.3 is 0 Å². The van der Waals surface area contributed by atoms with Crippen LogP contribution in [0.15, 0.2) is 17.0 Å². The van der Waals surface area contributed by atoms with E-state index >= 15 is 0 Å². The fraction of sp³-hybridized carbons (Fsp3) is 0.417. The van der Waals surface area contributed by atoms with E-state index in [1.807, 2.05) is 0 Å². The molecule has 2 N–H and O–H groups in total. The minimum absolute atomic E-state index is 0.0832. The lowest BCUT2D eigenvalue weighted by atomic mass is 10.0. The lowest BCUT2D eigenvalue weighted by molar-refractivity contribution is -0.129. The third kappa shape index (κ3) is 2.76. The monoisotopic (exact) mass is 286 g/mol. The summed E-state index contributed by atoms with van der Waals surface area (Å²) >= 11 is 0. The summed E-state index contributed by atoms with van der Waals surface area (Å²) in [4.78, 5) is 12.4. The lowest BCUT2D eigenvalue weighted by Gasteiger charge is -2.19. The number of carbonyl (C=O) groups excluding carboxylic acids is 1. The maximum Gasteiger partial charge on any atom is 0.240 e. The summed E-state index contributed by atoms with van der Waals surface area (Å²) < 4.78 is 36.9. The fourth-order valence-corrected chi connectivity index (χ4v) is 2.89. The molecule has 0 radical (unpaired) electrons. The van der Waals surface area contributed by atoms with Gasteiger partial charge in [0.1, 0.15) is 10.7 Å². The summed E-state index contributed by atoms with van der Waals surface area (Å²) in [6.07, 6.45) is 1.33. The second-order valence-corrected chi connectivity index (χ2v) is 6.13. The number of benzene rings is 1. The number of carbonyl (C=O) groups is 1. The molecule has 0 spiro atoms. The van der Waals surface area contributed by atoms with Crippen LogP contribution in [0.5, 0.6) is 0 Å². The van der Waals surface area contributed by atoms with Gasteiger partial charge in [-0.15, -0.1) is 0 Å². The highest BCUT2D eigenvalue weighted by atomic mass is 32.2. The van der Waals surface area contributed by atoms with Gasteiger partial charge in [0.05, 0.1) is 0 Å². The summed E-state index contributed by atoms with van der Waals surface area (Å²) in [5.41, 5.74) is 0.980. The van der Waals surface area contributed by atoms with Crippen molar-refractivity contribution in [1.29, 1.82) is 0 Å². The fourth-order valence-electron chi connectivity index (χ4n) is 2.26. The Labute approximate surface area is 111 Å². The second-order valence-electron chi connectivity index (χ2n) is 4.60. The highest BCUT2D eigenvalue weighted by molar-refractivity contribution is 7.89. The topological polar surface area (TPSA) is 80.5 Å². The van der Waals surface area contributed by atoms with Gasteiger partial charge in [0.15, 0.2) is 0 Å². The highest BCUT2D eigenvalue weighted by Crippen LogP contribution is 2.26. The molecule has 1 heterocycles. The molecule has 5 nitrogen and oxygen atoms in total. The molecule has 104 valence electrons. The molecule has 0 saturated carbocycles. The Kier molecular flexibility index (Phi) is 3.60. The van der Waals surface area contributed by atoms with Crippen molar-refractivity contribution in [2.45, 2.75) is 31.2 Å². The van der Waals surface area contributed by atoms with E-state index in [0.29, 0.717) is 13.0 Å². The van der Waals surface area contributed by atoms with E-state index in [0.717, 1.165) is 12.0 Å². The van der Waals surface area contributed by atoms with Gasteiger partial charge in [0.2, 0.25) is 15.9 Å². The van der Waals surface area contributed by atoms with Crippen LogP contribution in [0.4, 0.5) is 4.39 Å². The molecule has 0 atom stereocenters. The van der Waals surface area contributed by atoms with Gasteiger partial charge in [-0.25, -0.2) is 17.9 Å². The maximum absolute atomic E-state index is 14.3. The van der Waals surface area contributed by atoms with Crippen LogP contribution in [0.1, 0.15) is 24.5 Å². The number of amides is 1. The van der Waals surface area contributed by atoms with E-state index in [1.165, 1.54) is 17.9 Å². The number of rotatable bonds is 1. The van der Waals surface area contributed by atoms with Gasteiger partial charge in [-0.3, -0.25) is 4.79 Å². The van der Waals surface area contributed by atoms with Gasteiger partial charge in [-0.1, -0.05) is 6.07 Å². The molecule has 2 rings (SSSR count). The number of halogens is 1. The first kappa shape index (κ1) is 14.0. The van der Waals surface area contributed by atoms with E-state index in [9.17, 15) is 17.6 Å². The van der Waals surface area contributed by atoms with Crippen LogP contribution in [0.25, 0.3) is 0 Å². The average Bonchev–Trinajstić information content (AvgIpc) is 2.50. The molecule has 0 aliphatic carbocycles. The maximum atomic E-state index is 14.3. The van der Waals surface area contributed by atoms with Gasteiger partial charge in [0.25, 0.3) is 0 Å². The zero-order chi connectivity index (χ0) is 14.2. The van der Waals surface area contributed by atoms with Crippen LogP contribution in [0.2, 0.25) is 0 Å². The predicted octanol–water partition coefficient (Wildman–Crippen LogP) is 0.768. The number of aryl methyl sites for hydroxylation is 1. The molecule has 1 aromatic rings. The summed E-state index contributed by atoms with van der Waals surface area (Å²) in [6, 6.07) is 2.76. The van der Waals surface area contributed by atoms with Crippen molar-refractivity contribution in [1.82, 2.24) is 4.90 Å². The van der Waals surface area contributed by atoms with Crippen LogP contribution in [-0.2, 0) is 27.8 Å². The van der Waals surface area contributed by atoms with Crippen LogP contribution in [0, 0.1) is 5.82 Å². The number of sulfonamides is 1. The summed E-state index contributed by atoms with van der Waals surface area (Å²) in [5, 5.41) is 4.98. The van der Waals surface area contributed by atoms with E-state index in [1.54, 1.807) is 6.07 Å². The molecule has 0 aromatic heterocycles. The number of hydrogen-bond donors (Lipinski definition) is 1. The molecular weight excluding hydrogens is 271 g/mol. The molecule has 1 amide bonds. The standard InChI is InChI=1S/C12H15FN2O3S/c1-8(16)15-6-2-3-9-4-5-11(19(14,17)18)12(13)10(9)7-15/h4-5H,2-3,6-7H2,1H3,(H2,14,17,18).